The van der Waals surface area contributed by atoms with E-state index in [-0.39, 0.29) is 24.2 Å². The average molecular weight is 173 g/mol. The Labute approximate surface area is 72.0 Å². The quantitative estimate of drug-likeness (QED) is 0.621. The maximum absolute atomic E-state index is 10.6. The molecule has 0 aliphatic rings. The normalized spacial score (nSPS) is 15.0. The number of Topliss-reactive ketones (excluding diaryl/α,β-unsaturated/α-hetero) is 1. The Balaban J connectivity index is 3.83. The number of hydrogen-bond donors (Lipinski definition) is 2. The predicted octanol–water partition coefficient (Wildman–Crippen LogP) is -0.149. The van der Waals surface area contributed by atoms with Gasteiger partial charge in [-0.05, 0) is 13.8 Å². The minimum Gasteiger partial charge on any atom is -0.391 e. The summed E-state index contributed by atoms with van der Waals surface area (Å²) in [6.45, 7) is 4.44. The fraction of sp³-hybridized carbons (Fsp3) is 0.750. The molecule has 4 heteroatoms. The molecular weight excluding hydrogens is 158 g/mol. The Morgan fingerprint density at radius 3 is 2.25 bits per heavy atom. The van der Waals surface area contributed by atoms with E-state index in [4.69, 9.17) is 0 Å². The molecule has 2 unspecified atom stereocenters. The van der Waals surface area contributed by atoms with Crippen LogP contribution < -0.4 is 5.32 Å². The molecular formula is C8H15NO3. The second-order valence-corrected chi connectivity index (χ2v) is 2.96. The Morgan fingerprint density at radius 2 is 1.92 bits per heavy atom. The number of carbonyl (C=O) groups excluding carboxylic acids is 2. The minimum atomic E-state index is -0.786. The number of nitrogens with one attached hydrogen (secondary N) is 1. The first-order valence-corrected chi connectivity index (χ1v) is 3.88. The van der Waals surface area contributed by atoms with Crippen molar-refractivity contribution in [3.05, 3.63) is 0 Å². The lowest BCUT2D eigenvalue weighted by Crippen LogP contribution is -2.40. The fourth-order valence-corrected chi connectivity index (χ4v) is 0.888. The SMILES string of the molecule is CC(=O)CC(O)C(C)NC(C)=O. The highest BCUT2D eigenvalue weighted by atomic mass is 16.3. The summed E-state index contributed by atoms with van der Waals surface area (Å²) in [7, 11) is 0. The van der Waals surface area contributed by atoms with Crippen molar-refractivity contribution in [1.29, 1.82) is 0 Å². The molecule has 4 nitrogen and oxygen atoms in total. The van der Waals surface area contributed by atoms with Crippen LogP contribution in [-0.4, -0.2) is 28.9 Å². The van der Waals surface area contributed by atoms with Gasteiger partial charge in [-0.2, -0.15) is 0 Å². The zero-order valence-corrected chi connectivity index (χ0v) is 7.63. The van der Waals surface area contributed by atoms with Gasteiger partial charge in [0.2, 0.25) is 5.91 Å². The Morgan fingerprint density at radius 1 is 1.42 bits per heavy atom. The van der Waals surface area contributed by atoms with Crippen LogP contribution in [0, 0.1) is 0 Å². The molecule has 0 spiro atoms. The summed E-state index contributed by atoms with van der Waals surface area (Å²) >= 11 is 0. The number of amides is 1. The molecule has 0 aromatic rings. The lowest BCUT2D eigenvalue weighted by molar-refractivity contribution is -0.123. The number of carbonyl (C=O) groups is 2. The number of aliphatic hydroxyl groups excluding tert-OH is 1. The number of rotatable bonds is 4. The van der Waals surface area contributed by atoms with Crippen LogP contribution in [0.15, 0.2) is 0 Å². The van der Waals surface area contributed by atoms with E-state index in [0.717, 1.165) is 0 Å². The van der Waals surface area contributed by atoms with Crippen molar-refractivity contribution in [2.24, 2.45) is 0 Å². The summed E-state index contributed by atoms with van der Waals surface area (Å²) in [6.07, 6.45) is -0.701. The van der Waals surface area contributed by atoms with Crippen LogP contribution in [0.4, 0.5) is 0 Å². The lowest BCUT2D eigenvalue weighted by Gasteiger charge is -2.17. The Kier molecular flexibility index (Phi) is 4.51. The van der Waals surface area contributed by atoms with Crippen LogP contribution in [0.1, 0.15) is 27.2 Å². The second-order valence-electron chi connectivity index (χ2n) is 2.96. The number of aliphatic hydroxyl groups is 1. The van der Waals surface area contributed by atoms with E-state index in [1.165, 1.54) is 13.8 Å². The van der Waals surface area contributed by atoms with Gasteiger partial charge in [0, 0.05) is 13.3 Å². The van der Waals surface area contributed by atoms with Crippen LogP contribution in [0.3, 0.4) is 0 Å². The number of hydrogen-bond acceptors (Lipinski definition) is 3. The van der Waals surface area contributed by atoms with Gasteiger partial charge in [-0.3, -0.25) is 9.59 Å². The summed E-state index contributed by atoms with van der Waals surface area (Å²) in [4.78, 5) is 21.1. The predicted molar refractivity (Wildman–Crippen MR) is 44.6 cm³/mol. The zero-order valence-electron chi connectivity index (χ0n) is 7.63. The summed E-state index contributed by atoms with van der Waals surface area (Å²) in [5.74, 6) is -0.287. The van der Waals surface area contributed by atoms with Gasteiger partial charge in [0.25, 0.3) is 0 Å². The molecule has 2 atom stereocenters. The fourth-order valence-electron chi connectivity index (χ4n) is 0.888. The molecule has 0 heterocycles. The van der Waals surface area contributed by atoms with Crippen LogP contribution in [0.25, 0.3) is 0 Å². The molecule has 0 radical (unpaired) electrons. The third kappa shape index (κ3) is 4.85. The first-order valence-electron chi connectivity index (χ1n) is 3.88. The monoisotopic (exact) mass is 173 g/mol. The van der Waals surface area contributed by atoms with E-state index in [2.05, 4.69) is 5.32 Å². The van der Waals surface area contributed by atoms with Crippen molar-refractivity contribution in [3.63, 3.8) is 0 Å². The van der Waals surface area contributed by atoms with Gasteiger partial charge in [0.1, 0.15) is 5.78 Å². The zero-order chi connectivity index (χ0) is 9.72. The van der Waals surface area contributed by atoms with Gasteiger partial charge in [0.15, 0.2) is 0 Å². The molecule has 0 saturated carbocycles. The van der Waals surface area contributed by atoms with E-state index in [0.29, 0.717) is 0 Å². The Bertz CT molecular complexity index is 159. The van der Waals surface area contributed by atoms with Crippen LogP contribution in [0.2, 0.25) is 0 Å². The smallest absolute Gasteiger partial charge is 0.217 e. The van der Waals surface area contributed by atoms with Crippen molar-refractivity contribution >= 4 is 11.7 Å². The third-order valence-electron chi connectivity index (χ3n) is 1.50. The molecule has 12 heavy (non-hydrogen) atoms. The second kappa shape index (κ2) is 4.87. The average Bonchev–Trinajstić information content (AvgIpc) is 1.84. The highest BCUT2D eigenvalue weighted by Gasteiger charge is 2.16. The standard InChI is InChI=1S/C8H15NO3/c1-5(10)4-8(12)6(2)9-7(3)11/h6,8,12H,4H2,1-3H3,(H,9,11). The van der Waals surface area contributed by atoms with E-state index in [1.54, 1.807) is 6.92 Å². The van der Waals surface area contributed by atoms with Crippen molar-refractivity contribution in [2.45, 2.75) is 39.3 Å². The molecule has 0 rings (SSSR count). The summed E-state index contributed by atoms with van der Waals surface area (Å²) in [5, 5.41) is 11.8. The molecule has 0 aliphatic carbocycles. The van der Waals surface area contributed by atoms with Gasteiger partial charge >= 0.3 is 0 Å². The third-order valence-corrected chi connectivity index (χ3v) is 1.50. The Hall–Kier alpha value is -0.900. The van der Waals surface area contributed by atoms with Crippen molar-refractivity contribution in [3.8, 4) is 0 Å². The van der Waals surface area contributed by atoms with Gasteiger partial charge in [-0.25, -0.2) is 0 Å². The van der Waals surface area contributed by atoms with Crippen molar-refractivity contribution in [2.75, 3.05) is 0 Å². The molecule has 1 amide bonds. The molecule has 0 bridgehead atoms. The van der Waals surface area contributed by atoms with E-state index >= 15 is 0 Å². The van der Waals surface area contributed by atoms with Crippen molar-refractivity contribution < 1.29 is 14.7 Å². The molecule has 0 fully saturated rings. The maximum atomic E-state index is 10.6. The van der Waals surface area contributed by atoms with E-state index in [9.17, 15) is 14.7 Å². The summed E-state index contributed by atoms with van der Waals surface area (Å²) in [6, 6.07) is -0.369. The van der Waals surface area contributed by atoms with Gasteiger partial charge in [-0.1, -0.05) is 0 Å². The van der Waals surface area contributed by atoms with Gasteiger partial charge in [0.05, 0.1) is 12.1 Å². The minimum absolute atomic E-state index is 0.0836. The lowest BCUT2D eigenvalue weighted by atomic mass is 10.1. The van der Waals surface area contributed by atoms with Crippen LogP contribution in [0.5, 0.6) is 0 Å². The highest BCUT2D eigenvalue weighted by Crippen LogP contribution is 1.98. The van der Waals surface area contributed by atoms with Gasteiger partial charge < -0.3 is 10.4 Å². The molecule has 0 aliphatic heterocycles. The summed E-state index contributed by atoms with van der Waals surface area (Å²) in [5.41, 5.74) is 0. The van der Waals surface area contributed by atoms with Crippen molar-refractivity contribution in [1.82, 2.24) is 5.32 Å². The first kappa shape index (κ1) is 11.1. The van der Waals surface area contributed by atoms with E-state index < -0.39 is 6.10 Å². The molecule has 2 N–H and O–H groups in total. The first-order chi connectivity index (χ1) is 5.43. The van der Waals surface area contributed by atoms with E-state index in [1.807, 2.05) is 0 Å². The maximum Gasteiger partial charge on any atom is 0.217 e. The topological polar surface area (TPSA) is 66.4 Å². The molecule has 0 aromatic heterocycles. The number of ketones is 1. The van der Waals surface area contributed by atoms with Crippen LogP contribution in [-0.2, 0) is 9.59 Å². The molecule has 0 saturated heterocycles. The molecule has 0 aromatic carbocycles. The van der Waals surface area contributed by atoms with Crippen LogP contribution >= 0.6 is 0 Å². The highest BCUT2D eigenvalue weighted by molar-refractivity contribution is 5.76. The van der Waals surface area contributed by atoms with Gasteiger partial charge in [-0.15, -0.1) is 0 Å². The summed E-state index contributed by atoms with van der Waals surface area (Å²) < 4.78 is 0. The molecule has 70 valence electrons. The largest absolute Gasteiger partial charge is 0.391 e.